The number of hydrogen-bond donors (Lipinski definition) is 1. The molecule has 1 aliphatic carbocycles. The second-order valence-electron chi connectivity index (χ2n) is 5.27. The van der Waals surface area contributed by atoms with E-state index in [0.717, 1.165) is 18.8 Å². The van der Waals surface area contributed by atoms with Gasteiger partial charge in [-0.3, -0.25) is 0 Å². The van der Waals surface area contributed by atoms with Crippen molar-refractivity contribution in [3.8, 4) is 5.75 Å². The first-order valence-corrected chi connectivity index (χ1v) is 6.27. The van der Waals surface area contributed by atoms with Crippen molar-refractivity contribution in [1.82, 2.24) is 0 Å². The molecule has 1 atom stereocenters. The van der Waals surface area contributed by atoms with Crippen LogP contribution in [0.15, 0.2) is 24.3 Å². The molecule has 2 nitrogen and oxygen atoms in total. The SMILES string of the molecule is NC1(CCC2CCOc3ccccc32)CC1. The monoisotopic (exact) mass is 217 g/mol. The third kappa shape index (κ3) is 1.94. The highest BCUT2D eigenvalue weighted by atomic mass is 16.5. The van der Waals surface area contributed by atoms with Crippen LogP contribution in [0.4, 0.5) is 0 Å². The Kier molecular flexibility index (Phi) is 2.40. The second-order valence-corrected chi connectivity index (χ2v) is 5.27. The van der Waals surface area contributed by atoms with Crippen LogP contribution in [-0.2, 0) is 0 Å². The summed E-state index contributed by atoms with van der Waals surface area (Å²) in [6.07, 6.45) is 5.98. The van der Waals surface area contributed by atoms with Gasteiger partial charge in [-0.1, -0.05) is 18.2 Å². The van der Waals surface area contributed by atoms with E-state index in [1.807, 2.05) is 6.07 Å². The summed E-state index contributed by atoms with van der Waals surface area (Å²) in [7, 11) is 0. The molecule has 0 spiro atoms. The number of ether oxygens (including phenoxy) is 1. The smallest absolute Gasteiger partial charge is 0.122 e. The van der Waals surface area contributed by atoms with Gasteiger partial charge in [0, 0.05) is 5.54 Å². The molecule has 1 unspecified atom stereocenters. The van der Waals surface area contributed by atoms with Gasteiger partial charge >= 0.3 is 0 Å². The van der Waals surface area contributed by atoms with Gasteiger partial charge < -0.3 is 10.5 Å². The predicted octanol–water partition coefficient (Wildman–Crippen LogP) is 2.82. The van der Waals surface area contributed by atoms with Crippen LogP contribution in [0.5, 0.6) is 5.75 Å². The summed E-state index contributed by atoms with van der Waals surface area (Å²) in [5.41, 5.74) is 7.73. The van der Waals surface area contributed by atoms with E-state index in [2.05, 4.69) is 18.2 Å². The molecule has 1 aliphatic heterocycles. The summed E-state index contributed by atoms with van der Waals surface area (Å²) >= 11 is 0. The first kappa shape index (κ1) is 10.2. The zero-order valence-electron chi connectivity index (χ0n) is 9.61. The highest BCUT2D eigenvalue weighted by Gasteiger charge is 2.38. The molecule has 2 N–H and O–H groups in total. The van der Waals surface area contributed by atoms with Crippen molar-refractivity contribution in [3.05, 3.63) is 29.8 Å². The lowest BCUT2D eigenvalue weighted by atomic mass is 9.87. The Morgan fingerprint density at radius 2 is 2.12 bits per heavy atom. The van der Waals surface area contributed by atoms with Crippen LogP contribution >= 0.6 is 0 Å². The number of nitrogens with two attached hydrogens (primary N) is 1. The van der Waals surface area contributed by atoms with Gasteiger partial charge in [-0.05, 0) is 49.7 Å². The standard InChI is InChI=1S/C14H19NO/c15-14(8-9-14)7-5-11-6-10-16-13-4-2-1-3-12(11)13/h1-4,11H,5-10,15H2. The molecule has 1 fully saturated rings. The van der Waals surface area contributed by atoms with Gasteiger partial charge in [0.25, 0.3) is 0 Å². The van der Waals surface area contributed by atoms with E-state index in [0.29, 0.717) is 5.92 Å². The number of rotatable bonds is 3. The van der Waals surface area contributed by atoms with E-state index in [9.17, 15) is 0 Å². The molecule has 1 aromatic rings. The first-order valence-electron chi connectivity index (χ1n) is 6.27. The molecule has 0 bridgehead atoms. The molecule has 1 saturated carbocycles. The number of benzene rings is 1. The molecule has 0 radical (unpaired) electrons. The maximum absolute atomic E-state index is 6.15. The maximum atomic E-state index is 6.15. The molecule has 1 aromatic carbocycles. The van der Waals surface area contributed by atoms with Gasteiger partial charge in [0.05, 0.1) is 6.61 Å². The van der Waals surface area contributed by atoms with Gasteiger partial charge in [0.1, 0.15) is 5.75 Å². The molecule has 3 rings (SSSR count). The lowest BCUT2D eigenvalue weighted by Crippen LogP contribution is -2.23. The fraction of sp³-hybridized carbons (Fsp3) is 0.571. The van der Waals surface area contributed by atoms with Crippen LogP contribution in [-0.4, -0.2) is 12.1 Å². The molecule has 86 valence electrons. The fourth-order valence-corrected chi connectivity index (χ4v) is 2.59. The summed E-state index contributed by atoms with van der Waals surface area (Å²) in [6.45, 7) is 0.860. The van der Waals surface area contributed by atoms with E-state index in [4.69, 9.17) is 10.5 Å². The highest BCUT2D eigenvalue weighted by Crippen LogP contribution is 2.42. The topological polar surface area (TPSA) is 35.2 Å². The minimum Gasteiger partial charge on any atom is -0.493 e. The lowest BCUT2D eigenvalue weighted by molar-refractivity contribution is 0.259. The molecule has 2 aliphatic rings. The van der Waals surface area contributed by atoms with Crippen LogP contribution in [0.1, 0.15) is 43.6 Å². The predicted molar refractivity (Wildman–Crippen MR) is 64.7 cm³/mol. The number of fused-ring (bicyclic) bond motifs is 1. The summed E-state index contributed by atoms with van der Waals surface area (Å²) in [5, 5.41) is 0. The molecular formula is C14H19NO. The lowest BCUT2D eigenvalue weighted by Gasteiger charge is -2.26. The van der Waals surface area contributed by atoms with Crippen LogP contribution in [0.25, 0.3) is 0 Å². The minimum atomic E-state index is 0.188. The largest absolute Gasteiger partial charge is 0.493 e. The van der Waals surface area contributed by atoms with Crippen molar-refractivity contribution < 1.29 is 4.74 Å². The van der Waals surface area contributed by atoms with Gasteiger partial charge in [0.15, 0.2) is 0 Å². The van der Waals surface area contributed by atoms with Crippen LogP contribution in [0, 0.1) is 0 Å². The normalized spacial score (nSPS) is 25.7. The summed E-state index contributed by atoms with van der Waals surface area (Å²) in [5.74, 6) is 1.74. The van der Waals surface area contributed by atoms with E-state index < -0.39 is 0 Å². The van der Waals surface area contributed by atoms with Crippen LogP contribution < -0.4 is 10.5 Å². The van der Waals surface area contributed by atoms with Gasteiger partial charge in [-0.15, -0.1) is 0 Å². The first-order chi connectivity index (χ1) is 7.77. The van der Waals surface area contributed by atoms with Crippen molar-refractivity contribution in [2.45, 2.75) is 43.6 Å². The Morgan fingerprint density at radius 3 is 2.94 bits per heavy atom. The van der Waals surface area contributed by atoms with Crippen molar-refractivity contribution in [1.29, 1.82) is 0 Å². The minimum absolute atomic E-state index is 0.188. The van der Waals surface area contributed by atoms with Crippen LogP contribution in [0.2, 0.25) is 0 Å². The number of hydrogen-bond acceptors (Lipinski definition) is 2. The van der Waals surface area contributed by atoms with E-state index in [1.165, 1.54) is 31.2 Å². The Hall–Kier alpha value is -1.02. The van der Waals surface area contributed by atoms with E-state index in [-0.39, 0.29) is 5.54 Å². The fourth-order valence-electron chi connectivity index (χ4n) is 2.59. The van der Waals surface area contributed by atoms with E-state index in [1.54, 1.807) is 0 Å². The molecule has 2 heteroatoms. The summed E-state index contributed by atoms with van der Waals surface area (Å²) in [4.78, 5) is 0. The van der Waals surface area contributed by atoms with Gasteiger partial charge in [-0.2, -0.15) is 0 Å². The van der Waals surface area contributed by atoms with Gasteiger partial charge in [0.2, 0.25) is 0 Å². The summed E-state index contributed by atoms with van der Waals surface area (Å²) < 4.78 is 5.67. The third-order valence-corrected chi connectivity index (χ3v) is 3.97. The zero-order valence-corrected chi connectivity index (χ0v) is 9.61. The molecule has 0 saturated heterocycles. The average Bonchev–Trinajstić information content (AvgIpc) is 3.05. The quantitative estimate of drug-likeness (QED) is 0.845. The Bertz CT molecular complexity index is 384. The Morgan fingerprint density at radius 1 is 1.31 bits per heavy atom. The molecule has 1 heterocycles. The van der Waals surface area contributed by atoms with Crippen molar-refractivity contribution in [2.24, 2.45) is 5.73 Å². The molecule has 0 aromatic heterocycles. The molecular weight excluding hydrogens is 198 g/mol. The Labute approximate surface area is 96.8 Å². The average molecular weight is 217 g/mol. The highest BCUT2D eigenvalue weighted by molar-refractivity contribution is 5.37. The van der Waals surface area contributed by atoms with Crippen molar-refractivity contribution in [2.75, 3.05) is 6.61 Å². The maximum Gasteiger partial charge on any atom is 0.122 e. The van der Waals surface area contributed by atoms with Crippen molar-refractivity contribution in [3.63, 3.8) is 0 Å². The number of para-hydroxylation sites is 1. The summed E-state index contributed by atoms with van der Waals surface area (Å²) in [6, 6.07) is 8.44. The molecule has 16 heavy (non-hydrogen) atoms. The van der Waals surface area contributed by atoms with Gasteiger partial charge in [-0.25, -0.2) is 0 Å². The molecule has 0 amide bonds. The zero-order chi connectivity index (χ0) is 11.0. The van der Waals surface area contributed by atoms with Crippen LogP contribution in [0.3, 0.4) is 0 Å². The van der Waals surface area contributed by atoms with Crippen molar-refractivity contribution >= 4 is 0 Å². The Balaban J connectivity index is 1.71. The third-order valence-electron chi connectivity index (χ3n) is 3.97. The van der Waals surface area contributed by atoms with E-state index >= 15 is 0 Å². The second kappa shape index (κ2) is 3.77.